The lowest BCUT2D eigenvalue weighted by Crippen LogP contribution is -2.34. The zero-order chi connectivity index (χ0) is 8.36. The van der Waals surface area contributed by atoms with Crippen molar-refractivity contribution in [2.45, 2.75) is 6.30 Å². The molecule has 1 unspecified atom stereocenters. The number of hydrogen-bond donors (Lipinski definition) is 1. The molecule has 0 rings (SSSR count). The summed E-state index contributed by atoms with van der Waals surface area (Å²) in [6.45, 7) is 0. The summed E-state index contributed by atoms with van der Waals surface area (Å²) in [5.74, 6) is 0. The van der Waals surface area contributed by atoms with E-state index >= 15 is 0 Å². The predicted octanol–water partition coefficient (Wildman–Crippen LogP) is 0.626. The molecule has 0 aliphatic carbocycles. The Morgan fingerprint density at radius 2 is 1.90 bits per heavy atom. The van der Waals surface area contributed by atoms with Gasteiger partial charge in [0.25, 0.3) is 11.3 Å². The summed E-state index contributed by atoms with van der Waals surface area (Å²) >= 11 is -3.44. The summed E-state index contributed by atoms with van der Waals surface area (Å²) in [6.07, 6.45) is -5.21. The topological polar surface area (TPSA) is 70.0 Å². The standard InChI is InChI=1S/CHF3N2O3S/c2-1(3,4)6(5-7)10(8)9/h(H,8,9). The highest BCUT2D eigenvalue weighted by Crippen LogP contribution is 2.21. The van der Waals surface area contributed by atoms with Crippen LogP contribution in [-0.4, -0.2) is 19.5 Å². The van der Waals surface area contributed by atoms with Crippen molar-refractivity contribution in [1.29, 1.82) is 0 Å². The quantitative estimate of drug-likeness (QED) is 0.291. The number of alkyl halides is 3. The first-order chi connectivity index (χ1) is 4.39. The Kier molecular flexibility index (Phi) is 2.72. The molecule has 5 nitrogen and oxygen atoms in total. The van der Waals surface area contributed by atoms with Crippen molar-refractivity contribution in [3.05, 3.63) is 4.91 Å². The second-order valence-electron chi connectivity index (χ2n) is 1.05. The van der Waals surface area contributed by atoms with Crippen molar-refractivity contribution >= 4 is 11.3 Å². The maximum absolute atomic E-state index is 11.3. The highest BCUT2D eigenvalue weighted by molar-refractivity contribution is 7.76. The maximum Gasteiger partial charge on any atom is 0.517 e. The SMILES string of the molecule is O=NN(S(=O)O)C(F)(F)F. The third-order valence-electron chi connectivity index (χ3n) is 0.439. The minimum atomic E-state index is -5.21. The van der Waals surface area contributed by atoms with Crippen LogP contribution in [0.3, 0.4) is 0 Å². The van der Waals surface area contributed by atoms with E-state index in [1.807, 2.05) is 0 Å². The molecule has 0 radical (unpaired) electrons. The van der Waals surface area contributed by atoms with Crippen LogP contribution in [0.4, 0.5) is 13.2 Å². The van der Waals surface area contributed by atoms with Gasteiger partial charge in [0.15, 0.2) is 0 Å². The number of nitroso groups, excluding NO2 is 1. The highest BCUT2D eigenvalue weighted by atomic mass is 32.2. The lowest BCUT2D eigenvalue weighted by Gasteiger charge is -2.11. The van der Waals surface area contributed by atoms with Gasteiger partial charge in [0.2, 0.25) is 0 Å². The number of nitrogens with zero attached hydrogens (tertiary/aromatic N) is 2. The minimum Gasteiger partial charge on any atom is -0.288 e. The highest BCUT2D eigenvalue weighted by Gasteiger charge is 2.42. The van der Waals surface area contributed by atoms with Gasteiger partial charge in [0, 0.05) is 0 Å². The molecule has 0 aromatic carbocycles. The second-order valence-corrected chi connectivity index (χ2v) is 1.86. The van der Waals surface area contributed by atoms with Gasteiger partial charge in [0.05, 0.1) is 5.29 Å². The third kappa shape index (κ3) is 2.27. The van der Waals surface area contributed by atoms with Crippen molar-refractivity contribution in [2.75, 3.05) is 0 Å². The van der Waals surface area contributed by atoms with E-state index in [-0.39, 0.29) is 0 Å². The molecular formula is CHF3N2O3S. The van der Waals surface area contributed by atoms with E-state index in [1.54, 1.807) is 0 Å². The van der Waals surface area contributed by atoms with Crippen LogP contribution >= 0.6 is 0 Å². The van der Waals surface area contributed by atoms with Crippen LogP contribution in [0.1, 0.15) is 0 Å². The molecule has 0 saturated carbocycles. The molecular weight excluding hydrogens is 177 g/mol. The van der Waals surface area contributed by atoms with Crippen LogP contribution in [0.2, 0.25) is 0 Å². The van der Waals surface area contributed by atoms with Gasteiger partial charge in [-0.2, -0.15) is 0 Å². The Labute approximate surface area is 55.2 Å². The Hall–Kier alpha value is -0.700. The van der Waals surface area contributed by atoms with E-state index in [0.717, 1.165) is 0 Å². The van der Waals surface area contributed by atoms with Crippen molar-refractivity contribution < 1.29 is 21.9 Å². The van der Waals surface area contributed by atoms with E-state index in [2.05, 4.69) is 0 Å². The molecule has 0 amide bonds. The smallest absolute Gasteiger partial charge is 0.288 e. The number of hydrogen-bond acceptors (Lipinski definition) is 3. The summed E-state index contributed by atoms with van der Waals surface area (Å²) in [4.78, 5) is 9.20. The fraction of sp³-hybridized carbons (Fsp3) is 1.00. The molecule has 0 spiro atoms. The van der Waals surface area contributed by atoms with Crippen LogP contribution < -0.4 is 0 Å². The molecule has 0 saturated heterocycles. The van der Waals surface area contributed by atoms with Crippen molar-refractivity contribution in [2.24, 2.45) is 5.29 Å². The molecule has 0 heterocycles. The van der Waals surface area contributed by atoms with Gasteiger partial charge in [-0.15, -0.1) is 18.1 Å². The van der Waals surface area contributed by atoms with Crippen molar-refractivity contribution in [3.63, 3.8) is 0 Å². The predicted molar refractivity (Wildman–Crippen MR) is 24.5 cm³/mol. The first-order valence-corrected chi connectivity index (χ1v) is 2.77. The van der Waals surface area contributed by atoms with Crippen LogP contribution in [-0.2, 0) is 11.3 Å². The molecule has 1 atom stereocenters. The van der Waals surface area contributed by atoms with E-state index in [4.69, 9.17) is 4.55 Å². The zero-order valence-corrected chi connectivity index (χ0v) is 5.02. The number of halogens is 3. The van der Waals surface area contributed by atoms with Gasteiger partial charge in [-0.3, -0.25) is 4.55 Å². The molecule has 0 aromatic rings. The average molecular weight is 178 g/mol. The van der Waals surface area contributed by atoms with Crippen LogP contribution in [0.5, 0.6) is 0 Å². The monoisotopic (exact) mass is 178 g/mol. The lowest BCUT2D eigenvalue weighted by atomic mass is 11.2. The van der Waals surface area contributed by atoms with E-state index in [9.17, 15) is 22.3 Å². The van der Waals surface area contributed by atoms with Gasteiger partial charge in [-0.25, -0.2) is 4.21 Å². The first-order valence-electron chi connectivity index (χ1n) is 1.70. The Morgan fingerprint density at radius 1 is 1.50 bits per heavy atom. The summed E-state index contributed by atoms with van der Waals surface area (Å²) < 4.78 is 49.7. The second kappa shape index (κ2) is 2.92. The van der Waals surface area contributed by atoms with Gasteiger partial charge in [-0.05, 0) is 0 Å². The largest absolute Gasteiger partial charge is 0.517 e. The molecule has 0 aliphatic rings. The van der Waals surface area contributed by atoms with Gasteiger partial charge in [-0.1, -0.05) is 4.41 Å². The van der Waals surface area contributed by atoms with Gasteiger partial charge in [0.1, 0.15) is 0 Å². The summed E-state index contributed by atoms with van der Waals surface area (Å²) in [7, 11) is 0. The lowest BCUT2D eigenvalue weighted by molar-refractivity contribution is -0.211. The normalized spacial score (nSPS) is 14.4. The zero-order valence-electron chi connectivity index (χ0n) is 4.20. The molecule has 0 bridgehead atoms. The van der Waals surface area contributed by atoms with Gasteiger partial charge < -0.3 is 0 Å². The summed E-state index contributed by atoms with van der Waals surface area (Å²) in [6, 6.07) is 0. The Bertz CT molecular complexity index is 156. The molecule has 0 aromatic heterocycles. The minimum absolute atomic E-state index is 1.27. The molecule has 0 aliphatic heterocycles. The Balaban J connectivity index is 4.36. The summed E-state index contributed by atoms with van der Waals surface area (Å²) in [5, 5.41) is 1.27. The van der Waals surface area contributed by atoms with E-state index < -0.39 is 22.0 Å². The molecule has 9 heteroatoms. The van der Waals surface area contributed by atoms with Crippen molar-refractivity contribution in [3.8, 4) is 0 Å². The maximum atomic E-state index is 11.3. The average Bonchev–Trinajstić information content (AvgIpc) is 1.60. The number of rotatable bonds is 2. The fourth-order valence-corrected chi connectivity index (χ4v) is 0.397. The fourth-order valence-electron chi connectivity index (χ4n) is 0.163. The van der Waals surface area contributed by atoms with E-state index in [0.29, 0.717) is 0 Å². The van der Waals surface area contributed by atoms with Crippen molar-refractivity contribution in [1.82, 2.24) is 4.41 Å². The molecule has 0 fully saturated rings. The molecule has 1 N–H and O–H groups in total. The van der Waals surface area contributed by atoms with Crippen LogP contribution in [0, 0.1) is 4.91 Å². The third-order valence-corrected chi connectivity index (χ3v) is 1.01. The van der Waals surface area contributed by atoms with E-state index in [1.165, 1.54) is 5.29 Å². The van der Waals surface area contributed by atoms with Crippen LogP contribution in [0.15, 0.2) is 5.29 Å². The van der Waals surface area contributed by atoms with Crippen LogP contribution in [0.25, 0.3) is 0 Å². The molecule has 60 valence electrons. The first kappa shape index (κ1) is 9.30. The summed E-state index contributed by atoms with van der Waals surface area (Å²) in [5.41, 5.74) is 0. The molecule has 10 heavy (non-hydrogen) atoms. The van der Waals surface area contributed by atoms with Gasteiger partial charge >= 0.3 is 6.30 Å². The Morgan fingerprint density at radius 3 is 1.90 bits per heavy atom.